The first-order valence-corrected chi connectivity index (χ1v) is 6.18. The van der Waals surface area contributed by atoms with Crippen LogP contribution in [0.5, 0.6) is 0 Å². The zero-order valence-electron chi connectivity index (χ0n) is 7.81. The van der Waals surface area contributed by atoms with Gasteiger partial charge in [0.15, 0.2) is 0 Å². The van der Waals surface area contributed by atoms with Gasteiger partial charge in [-0.15, -0.1) is 0 Å². The Morgan fingerprint density at radius 1 is 1.36 bits per heavy atom. The van der Waals surface area contributed by atoms with Gasteiger partial charge in [0.05, 0.1) is 0 Å². The van der Waals surface area contributed by atoms with Crippen LogP contribution in [-0.2, 0) is 0 Å². The molecule has 0 radical (unpaired) electrons. The molecule has 0 aromatic rings. The summed E-state index contributed by atoms with van der Waals surface area (Å²) in [5.41, 5.74) is 0. The van der Waals surface area contributed by atoms with Crippen molar-refractivity contribution in [3.05, 3.63) is 0 Å². The molecule has 0 amide bonds. The van der Waals surface area contributed by atoms with Crippen LogP contribution in [-0.4, -0.2) is 11.5 Å². The average Bonchev–Trinajstić information content (AvgIpc) is 2.48. The highest BCUT2D eigenvalue weighted by atomic mass is 32.2. The minimum atomic E-state index is 0.997. The summed E-state index contributed by atoms with van der Waals surface area (Å²) < 4.78 is 0. The van der Waals surface area contributed by atoms with E-state index >= 15 is 0 Å². The van der Waals surface area contributed by atoms with Crippen molar-refractivity contribution in [2.45, 2.75) is 50.7 Å². The summed E-state index contributed by atoms with van der Waals surface area (Å²) in [5, 5.41) is 0.997. The maximum absolute atomic E-state index is 2.29. The normalized spacial score (nSPS) is 31.1. The molecule has 0 aliphatic heterocycles. The number of unbranched alkanes of at least 4 members (excludes halogenated alkanes) is 1. The first-order valence-electron chi connectivity index (χ1n) is 4.89. The molecule has 0 saturated heterocycles. The Hall–Kier alpha value is 0.350. The Morgan fingerprint density at radius 3 is 2.73 bits per heavy atom. The van der Waals surface area contributed by atoms with Crippen LogP contribution >= 0.6 is 11.8 Å². The summed E-state index contributed by atoms with van der Waals surface area (Å²) in [4.78, 5) is 0. The molecule has 0 aromatic carbocycles. The molecule has 1 saturated carbocycles. The van der Waals surface area contributed by atoms with Gasteiger partial charge in [-0.25, -0.2) is 0 Å². The fourth-order valence-corrected chi connectivity index (χ4v) is 2.83. The molecule has 11 heavy (non-hydrogen) atoms. The summed E-state index contributed by atoms with van der Waals surface area (Å²) in [6, 6.07) is 0. The number of rotatable bonds is 4. The van der Waals surface area contributed by atoms with Crippen molar-refractivity contribution in [3.8, 4) is 0 Å². The van der Waals surface area contributed by atoms with Gasteiger partial charge in [-0.2, -0.15) is 11.8 Å². The van der Waals surface area contributed by atoms with Crippen molar-refractivity contribution in [2.24, 2.45) is 5.92 Å². The van der Waals surface area contributed by atoms with E-state index < -0.39 is 0 Å². The third-order valence-electron chi connectivity index (χ3n) is 2.79. The molecule has 2 atom stereocenters. The van der Waals surface area contributed by atoms with Crippen LogP contribution in [0.1, 0.15) is 45.4 Å². The van der Waals surface area contributed by atoms with Crippen LogP contribution in [0.4, 0.5) is 0 Å². The van der Waals surface area contributed by atoms with Gasteiger partial charge >= 0.3 is 0 Å². The predicted molar refractivity (Wildman–Crippen MR) is 54.2 cm³/mol. The lowest BCUT2D eigenvalue weighted by Crippen LogP contribution is -1.96. The second-order valence-corrected chi connectivity index (χ2v) is 4.82. The maximum atomic E-state index is 2.29. The highest BCUT2D eigenvalue weighted by molar-refractivity contribution is 7.99. The summed E-state index contributed by atoms with van der Waals surface area (Å²) in [6.45, 7) is 2.29. The van der Waals surface area contributed by atoms with E-state index in [-0.39, 0.29) is 0 Å². The van der Waals surface area contributed by atoms with Gasteiger partial charge in [-0.05, 0) is 31.4 Å². The van der Waals surface area contributed by atoms with Crippen LogP contribution in [0.2, 0.25) is 0 Å². The molecule has 0 bridgehead atoms. The lowest BCUT2D eigenvalue weighted by molar-refractivity contribution is 0.481. The summed E-state index contributed by atoms with van der Waals surface area (Å²) in [6.07, 6.45) is 11.1. The van der Waals surface area contributed by atoms with Crippen LogP contribution in [0.15, 0.2) is 0 Å². The molecular formula is C10H20S. The van der Waals surface area contributed by atoms with E-state index in [0.29, 0.717) is 0 Å². The van der Waals surface area contributed by atoms with E-state index in [1.54, 1.807) is 0 Å². The molecule has 1 aliphatic carbocycles. The molecule has 0 N–H and O–H groups in total. The lowest BCUT2D eigenvalue weighted by atomic mass is 10.0. The fourth-order valence-electron chi connectivity index (χ4n) is 2.00. The average molecular weight is 172 g/mol. The summed E-state index contributed by atoms with van der Waals surface area (Å²) >= 11 is 2.07. The van der Waals surface area contributed by atoms with E-state index in [4.69, 9.17) is 0 Å². The summed E-state index contributed by atoms with van der Waals surface area (Å²) in [7, 11) is 0. The van der Waals surface area contributed by atoms with Crippen LogP contribution in [0.3, 0.4) is 0 Å². The molecular weight excluding hydrogens is 152 g/mol. The predicted octanol–water partition coefficient (Wildman–Crippen LogP) is 3.71. The van der Waals surface area contributed by atoms with E-state index in [2.05, 4.69) is 24.9 Å². The third-order valence-corrected chi connectivity index (χ3v) is 3.89. The Bertz CT molecular complexity index is 101. The van der Waals surface area contributed by atoms with Crippen molar-refractivity contribution in [1.82, 2.24) is 0 Å². The number of hydrogen-bond donors (Lipinski definition) is 0. The standard InChI is InChI=1S/C10H20S/c1-3-4-5-9-6-7-10(8-9)11-2/h9-10H,3-8H2,1-2H3. The van der Waals surface area contributed by atoms with Crippen molar-refractivity contribution in [2.75, 3.05) is 6.26 Å². The lowest BCUT2D eigenvalue weighted by Gasteiger charge is -2.08. The molecule has 66 valence electrons. The molecule has 1 fully saturated rings. The first-order chi connectivity index (χ1) is 5.36. The Balaban J connectivity index is 2.09. The Morgan fingerprint density at radius 2 is 2.18 bits per heavy atom. The molecule has 1 aliphatic rings. The molecule has 2 unspecified atom stereocenters. The molecule has 1 rings (SSSR count). The van der Waals surface area contributed by atoms with Crippen LogP contribution in [0.25, 0.3) is 0 Å². The number of hydrogen-bond acceptors (Lipinski definition) is 1. The zero-order chi connectivity index (χ0) is 8.10. The van der Waals surface area contributed by atoms with Crippen LogP contribution < -0.4 is 0 Å². The van der Waals surface area contributed by atoms with Gasteiger partial charge in [0, 0.05) is 5.25 Å². The van der Waals surface area contributed by atoms with Gasteiger partial charge < -0.3 is 0 Å². The van der Waals surface area contributed by atoms with Crippen molar-refractivity contribution < 1.29 is 0 Å². The topological polar surface area (TPSA) is 0 Å². The monoisotopic (exact) mass is 172 g/mol. The molecule has 0 aromatic heterocycles. The quantitative estimate of drug-likeness (QED) is 0.623. The van der Waals surface area contributed by atoms with Gasteiger partial charge in [0.25, 0.3) is 0 Å². The second kappa shape index (κ2) is 5.08. The zero-order valence-corrected chi connectivity index (χ0v) is 8.62. The van der Waals surface area contributed by atoms with Crippen molar-refractivity contribution in [1.29, 1.82) is 0 Å². The Kier molecular flexibility index (Phi) is 4.36. The number of thioether (sulfide) groups is 1. The largest absolute Gasteiger partial charge is 0.162 e. The van der Waals surface area contributed by atoms with Gasteiger partial charge in [-0.3, -0.25) is 0 Å². The van der Waals surface area contributed by atoms with E-state index in [0.717, 1.165) is 11.2 Å². The summed E-state index contributed by atoms with van der Waals surface area (Å²) in [5.74, 6) is 1.08. The smallest absolute Gasteiger partial charge is 0.00470 e. The van der Waals surface area contributed by atoms with Crippen molar-refractivity contribution >= 4 is 11.8 Å². The Labute approximate surface area is 75.1 Å². The second-order valence-electron chi connectivity index (χ2n) is 3.68. The van der Waals surface area contributed by atoms with Crippen LogP contribution in [0, 0.1) is 5.92 Å². The highest BCUT2D eigenvalue weighted by Crippen LogP contribution is 2.35. The maximum Gasteiger partial charge on any atom is 0.00470 e. The molecule has 1 heteroatoms. The molecule has 0 spiro atoms. The van der Waals surface area contributed by atoms with Gasteiger partial charge in [-0.1, -0.05) is 26.2 Å². The molecule has 0 nitrogen and oxygen atoms in total. The highest BCUT2D eigenvalue weighted by Gasteiger charge is 2.22. The van der Waals surface area contributed by atoms with Crippen molar-refractivity contribution in [3.63, 3.8) is 0 Å². The van der Waals surface area contributed by atoms with E-state index in [1.165, 1.54) is 38.5 Å². The first kappa shape index (κ1) is 9.44. The minimum Gasteiger partial charge on any atom is -0.162 e. The minimum absolute atomic E-state index is 0.997. The SMILES string of the molecule is CCCCC1CCC(SC)C1. The fraction of sp³-hybridized carbons (Fsp3) is 1.00. The van der Waals surface area contributed by atoms with E-state index in [1.807, 2.05) is 0 Å². The van der Waals surface area contributed by atoms with Gasteiger partial charge in [0.1, 0.15) is 0 Å². The van der Waals surface area contributed by atoms with Gasteiger partial charge in [0.2, 0.25) is 0 Å². The van der Waals surface area contributed by atoms with E-state index in [9.17, 15) is 0 Å². The third kappa shape index (κ3) is 3.06. The molecule has 0 heterocycles.